The minimum atomic E-state index is 0.152. The zero-order valence-electron chi connectivity index (χ0n) is 17.0. The lowest BCUT2D eigenvalue weighted by Crippen LogP contribution is -2.49. The molecule has 0 spiro atoms. The summed E-state index contributed by atoms with van der Waals surface area (Å²) in [6, 6.07) is 10.7. The first-order valence-electron chi connectivity index (χ1n) is 11.0. The summed E-state index contributed by atoms with van der Waals surface area (Å²) in [5.74, 6) is 1.05. The van der Waals surface area contributed by atoms with Gasteiger partial charge in [-0.2, -0.15) is 0 Å². The first kappa shape index (κ1) is 20.3. The van der Waals surface area contributed by atoms with Crippen LogP contribution in [0.3, 0.4) is 0 Å². The molecule has 2 aliphatic rings. The van der Waals surface area contributed by atoms with E-state index in [1.807, 2.05) is 0 Å². The number of likely N-dealkylation sites (tertiary alicyclic amines) is 2. The van der Waals surface area contributed by atoms with Crippen LogP contribution in [0.5, 0.6) is 0 Å². The van der Waals surface area contributed by atoms with Crippen LogP contribution in [0, 0.1) is 11.8 Å². The van der Waals surface area contributed by atoms with Crippen LogP contribution >= 0.6 is 0 Å². The predicted octanol–water partition coefficient (Wildman–Crippen LogP) is 3.18. The topological polar surface area (TPSA) is 35.6 Å². The van der Waals surface area contributed by atoms with Crippen molar-refractivity contribution in [3.05, 3.63) is 35.9 Å². The van der Waals surface area contributed by atoms with Crippen LogP contribution in [0.15, 0.2) is 30.3 Å². The van der Waals surface area contributed by atoms with E-state index < -0.39 is 0 Å². The molecule has 2 saturated heterocycles. The number of nitrogens with one attached hydrogen (secondary N) is 1. The van der Waals surface area contributed by atoms with Gasteiger partial charge in [-0.3, -0.25) is 4.79 Å². The van der Waals surface area contributed by atoms with Gasteiger partial charge >= 0.3 is 0 Å². The van der Waals surface area contributed by atoms with Crippen molar-refractivity contribution < 1.29 is 4.79 Å². The highest BCUT2D eigenvalue weighted by Crippen LogP contribution is 2.25. The molecule has 27 heavy (non-hydrogen) atoms. The zero-order chi connectivity index (χ0) is 18.9. The monoisotopic (exact) mass is 371 g/mol. The van der Waals surface area contributed by atoms with Crippen molar-refractivity contribution in [2.75, 3.05) is 45.8 Å². The first-order chi connectivity index (χ1) is 13.2. The number of rotatable bonds is 9. The maximum absolute atomic E-state index is 12.7. The van der Waals surface area contributed by atoms with E-state index in [1.165, 1.54) is 38.0 Å². The van der Waals surface area contributed by atoms with Gasteiger partial charge in [0.2, 0.25) is 5.91 Å². The van der Waals surface area contributed by atoms with Crippen LogP contribution in [0.4, 0.5) is 0 Å². The number of hydrogen-bond donors (Lipinski definition) is 1. The van der Waals surface area contributed by atoms with Crippen molar-refractivity contribution in [3.8, 4) is 0 Å². The number of nitrogens with zero attached hydrogens (tertiary/aromatic N) is 2. The van der Waals surface area contributed by atoms with Crippen molar-refractivity contribution in [3.63, 3.8) is 0 Å². The highest BCUT2D eigenvalue weighted by atomic mass is 16.1. The fourth-order valence-corrected chi connectivity index (χ4v) is 4.60. The minimum Gasteiger partial charge on any atom is -0.356 e. The fourth-order valence-electron chi connectivity index (χ4n) is 4.60. The van der Waals surface area contributed by atoms with E-state index in [4.69, 9.17) is 0 Å². The van der Waals surface area contributed by atoms with E-state index in [1.54, 1.807) is 0 Å². The Bertz CT molecular complexity index is 556. The SMILES string of the molecule is CCCCNC(=O)[C@@H]1C[C@H](CN2CCCC2)CN(CCc2ccccc2)C1. The van der Waals surface area contributed by atoms with Gasteiger partial charge in [-0.25, -0.2) is 0 Å². The molecule has 2 aliphatic heterocycles. The smallest absolute Gasteiger partial charge is 0.224 e. The van der Waals surface area contributed by atoms with E-state index in [0.717, 1.165) is 51.9 Å². The average molecular weight is 372 g/mol. The third-order valence-electron chi connectivity index (χ3n) is 6.09. The maximum atomic E-state index is 12.7. The standard InChI is InChI=1S/C23H37N3O/c1-2-3-12-24-23(27)22-16-21(17-25-13-7-8-14-25)18-26(19-22)15-11-20-9-5-4-6-10-20/h4-6,9-10,21-22H,2-3,7-8,11-19H2,1H3,(H,24,27)/t21-,22-/m1/s1. The molecule has 1 N–H and O–H groups in total. The van der Waals surface area contributed by atoms with E-state index >= 15 is 0 Å². The molecule has 4 heteroatoms. The van der Waals surface area contributed by atoms with Crippen molar-refractivity contribution in [2.45, 2.75) is 45.4 Å². The van der Waals surface area contributed by atoms with Gasteiger partial charge in [-0.1, -0.05) is 43.7 Å². The Balaban J connectivity index is 1.56. The van der Waals surface area contributed by atoms with Crippen molar-refractivity contribution >= 4 is 5.91 Å². The van der Waals surface area contributed by atoms with Crippen LogP contribution in [-0.4, -0.2) is 61.5 Å². The highest BCUT2D eigenvalue weighted by molar-refractivity contribution is 5.79. The van der Waals surface area contributed by atoms with E-state index in [-0.39, 0.29) is 11.8 Å². The molecule has 4 nitrogen and oxygen atoms in total. The second-order valence-electron chi connectivity index (χ2n) is 8.45. The van der Waals surface area contributed by atoms with Crippen LogP contribution in [0.2, 0.25) is 0 Å². The van der Waals surface area contributed by atoms with Gasteiger partial charge in [-0.05, 0) is 56.7 Å². The number of amides is 1. The summed E-state index contributed by atoms with van der Waals surface area (Å²) in [6.45, 7) is 9.77. The van der Waals surface area contributed by atoms with Crippen LogP contribution in [-0.2, 0) is 11.2 Å². The van der Waals surface area contributed by atoms with Gasteiger partial charge in [0.05, 0.1) is 5.92 Å². The van der Waals surface area contributed by atoms with Gasteiger partial charge in [0.1, 0.15) is 0 Å². The molecular weight excluding hydrogens is 334 g/mol. The second kappa shape index (κ2) is 10.8. The van der Waals surface area contributed by atoms with Gasteiger partial charge in [0.15, 0.2) is 0 Å². The lowest BCUT2D eigenvalue weighted by Gasteiger charge is -2.38. The molecule has 0 aliphatic carbocycles. The molecule has 150 valence electrons. The molecule has 0 unspecified atom stereocenters. The van der Waals surface area contributed by atoms with Gasteiger partial charge in [0.25, 0.3) is 0 Å². The van der Waals surface area contributed by atoms with Crippen LogP contribution in [0.1, 0.15) is 44.6 Å². The fraction of sp³-hybridized carbons (Fsp3) is 0.696. The Labute approximate surface area is 165 Å². The lowest BCUT2D eigenvalue weighted by molar-refractivity contribution is -0.127. The highest BCUT2D eigenvalue weighted by Gasteiger charge is 2.32. The normalized spacial score (nSPS) is 24.2. The Hall–Kier alpha value is -1.39. The Kier molecular flexibility index (Phi) is 8.15. The summed E-state index contributed by atoms with van der Waals surface area (Å²) < 4.78 is 0. The largest absolute Gasteiger partial charge is 0.356 e. The summed E-state index contributed by atoms with van der Waals surface area (Å²) in [5, 5.41) is 3.18. The first-order valence-corrected chi connectivity index (χ1v) is 11.0. The molecule has 1 amide bonds. The molecule has 1 aromatic rings. The second-order valence-corrected chi connectivity index (χ2v) is 8.45. The summed E-state index contributed by atoms with van der Waals surface area (Å²) in [7, 11) is 0. The zero-order valence-corrected chi connectivity index (χ0v) is 17.0. The summed E-state index contributed by atoms with van der Waals surface area (Å²) in [4.78, 5) is 17.9. The molecule has 0 bridgehead atoms. The molecule has 0 aromatic heterocycles. The van der Waals surface area contributed by atoms with E-state index in [0.29, 0.717) is 5.92 Å². The number of hydrogen-bond acceptors (Lipinski definition) is 3. The predicted molar refractivity (Wildman–Crippen MR) is 112 cm³/mol. The molecule has 2 atom stereocenters. The molecule has 1 aromatic carbocycles. The van der Waals surface area contributed by atoms with Gasteiger partial charge < -0.3 is 15.1 Å². The molecule has 0 saturated carbocycles. The summed E-state index contributed by atoms with van der Waals surface area (Å²) >= 11 is 0. The molecule has 0 radical (unpaired) electrons. The number of benzene rings is 1. The molecule has 3 rings (SSSR count). The lowest BCUT2D eigenvalue weighted by atomic mass is 9.87. The Morgan fingerprint density at radius 3 is 2.63 bits per heavy atom. The van der Waals surface area contributed by atoms with Gasteiger partial charge in [-0.15, -0.1) is 0 Å². The quantitative estimate of drug-likeness (QED) is 0.677. The Morgan fingerprint density at radius 2 is 1.89 bits per heavy atom. The summed E-state index contributed by atoms with van der Waals surface area (Å²) in [5.41, 5.74) is 1.39. The third kappa shape index (κ3) is 6.62. The number of carbonyl (C=O) groups is 1. The van der Waals surface area contributed by atoms with Crippen molar-refractivity contribution in [2.24, 2.45) is 11.8 Å². The molecule has 2 fully saturated rings. The number of piperidine rings is 1. The van der Waals surface area contributed by atoms with E-state index in [2.05, 4.69) is 52.4 Å². The van der Waals surface area contributed by atoms with Gasteiger partial charge in [0, 0.05) is 32.7 Å². The average Bonchev–Trinajstić information content (AvgIpc) is 3.20. The Morgan fingerprint density at radius 1 is 1.11 bits per heavy atom. The van der Waals surface area contributed by atoms with Crippen LogP contribution in [0.25, 0.3) is 0 Å². The molecule has 2 heterocycles. The molecular formula is C23H37N3O. The maximum Gasteiger partial charge on any atom is 0.224 e. The minimum absolute atomic E-state index is 0.152. The number of carbonyl (C=O) groups excluding carboxylic acids is 1. The van der Waals surface area contributed by atoms with E-state index in [9.17, 15) is 4.79 Å². The van der Waals surface area contributed by atoms with Crippen molar-refractivity contribution in [1.82, 2.24) is 15.1 Å². The summed E-state index contributed by atoms with van der Waals surface area (Å²) in [6.07, 6.45) is 7.01. The van der Waals surface area contributed by atoms with Crippen LogP contribution < -0.4 is 5.32 Å². The number of unbranched alkanes of at least 4 members (excludes halogenated alkanes) is 1. The van der Waals surface area contributed by atoms with Crippen molar-refractivity contribution in [1.29, 1.82) is 0 Å². The third-order valence-corrected chi connectivity index (χ3v) is 6.09.